The molecular weight excluding hydrogens is 504 g/mol. The molecule has 0 saturated carbocycles. The Labute approximate surface area is 222 Å². The first kappa shape index (κ1) is 24.9. The fraction of sp³-hybridized carbons (Fsp3) is 0.0667. The van der Waals surface area contributed by atoms with Gasteiger partial charge in [-0.05, 0) is 53.1 Å². The van der Waals surface area contributed by atoms with E-state index in [1.807, 2.05) is 66.7 Å². The summed E-state index contributed by atoms with van der Waals surface area (Å²) >= 11 is 1.41. The van der Waals surface area contributed by atoms with Gasteiger partial charge in [0.05, 0.1) is 0 Å². The number of ether oxygens (including phenoxy) is 4. The monoisotopic (exact) mass is 526 g/mol. The predicted octanol–water partition coefficient (Wildman–Crippen LogP) is 7.71. The van der Waals surface area contributed by atoms with Gasteiger partial charge in [0.15, 0.2) is 0 Å². The highest BCUT2D eigenvalue weighted by molar-refractivity contribution is 7.22. The van der Waals surface area contributed by atoms with Crippen molar-refractivity contribution < 1.29 is 33.6 Å². The maximum atomic E-state index is 12.5. The number of thiophene rings is 1. The SMILES string of the molecule is O=C(OCc1ccccc1)Oc1cc(OC(=O)OCc2ccccc2)c2cc(-c3ccc(O)cc3)sc2c1. The summed E-state index contributed by atoms with van der Waals surface area (Å²) in [6.45, 7) is 0.105. The second kappa shape index (κ2) is 11.5. The van der Waals surface area contributed by atoms with Crippen molar-refractivity contribution in [1.82, 2.24) is 0 Å². The Balaban J connectivity index is 1.38. The standard InChI is InChI=1S/C30H22O7S/c31-23-13-11-22(12-14-23)27-17-25-26(37-30(33)35-19-21-9-5-2-6-10-21)15-24(16-28(25)38-27)36-29(32)34-18-20-7-3-1-4-8-20/h1-17,31H,18-19H2. The predicted molar refractivity (Wildman–Crippen MR) is 143 cm³/mol. The van der Waals surface area contributed by atoms with Crippen LogP contribution in [-0.4, -0.2) is 17.4 Å². The third-order valence-corrected chi connectivity index (χ3v) is 6.65. The van der Waals surface area contributed by atoms with E-state index in [1.54, 1.807) is 30.3 Å². The van der Waals surface area contributed by atoms with Crippen LogP contribution in [0.5, 0.6) is 17.2 Å². The molecule has 5 aromatic rings. The summed E-state index contributed by atoms with van der Waals surface area (Å²) in [7, 11) is 0. The molecule has 190 valence electrons. The third kappa shape index (κ3) is 6.29. The zero-order valence-electron chi connectivity index (χ0n) is 20.0. The summed E-state index contributed by atoms with van der Waals surface area (Å²) in [6, 6.07) is 30.2. The Kier molecular flexibility index (Phi) is 7.52. The molecular formula is C30H22O7S. The maximum absolute atomic E-state index is 12.5. The molecule has 0 spiro atoms. The quantitative estimate of drug-likeness (QED) is 0.172. The lowest BCUT2D eigenvalue weighted by atomic mass is 10.1. The lowest BCUT2D eigenvalue weighted by Crippen LogP contribution is -2.12. The van der Waals surface area contributed by atoms with Crippen LogP contribution in [0, 0.1) is 0 Å². The van der Waals surface area contributed by atoms with Crippen LogP contribution in [0.15, 0.2) is 103 Å². The van der Waals surface area contributed by atoms with Gasteiger partial charge in [-0.3, -0.25) is 0 Å². The zero-order valence-corrected chi connectivity index (χ0v) is 20.9. The number of aromatic hydroxyl groups is 1. The van der Waals surface area contributed by atoms with Crippen molar-refractivity contribution >= 4 is 33.7 Å². The second-order valence-electron chi connectivity index (χ2n) is 8.24. The number of benzene rings is 4. The van der Waals surface area contributed by atoms with Gasteiger partial charge in [0.25, 0.3) is 0 Å². The van der Waals surface area contributed by atoms with Crippen LogP contribution >= 0.6 is 11.3 Å². The Morgan fingerprint density at radius 1 is 0.684 bits per heavy atom. The van der Waals surface area contributed by atoms with E-state index in [0.29, 0.717) is 10.1 Å². The van der Waals surface area contributed by atoms with Crippen molar-refractivity contribution in [1.29, 1.82) is 0 Å². The van der Waals surface area contributed by atoms with Crippen molar-refractivity contribution in [3.05, 3.63) is 114 Å². The molecule has 0 aliphatic carbocycles. The van der Waals surface area contributed by atoms with Crippen LogP contribution < -0.4 is 9.47 Å². The van der Waals surface area contributed by atoms with Gasteiger partial charge in [0.1, 0.15) is 30.5 Å². The molecule has 0 radical (unpaired) electrons. The van der Waals surface area contributed by atoms with Crippen LogP contribution in [-0.2, 0) is 22.7 Å². The molecule has 0 aliphatic rings. The summed E-state index contributed by atoms with van der Waals surface area (Å²) in [5.41, 5.74) is 2.51. The minimum atomic E-state index is -0.892. The molecule has 7 nitrogen and oxygen atoms in total. The maximum Gasteiger partial charge on any atom is 0.514 e. The minimum absolute atomic E-state index is 0.0488. The second-order valence-corrected chi connectivity index (χ2v) is 9.33. The van der Waals surface area contributed by atoms with Gasteiger partial charge < -0.3 is 24.1 Å². The number of carbonyl (C=O) groups is 2. The topological polar surface area (TPSA) is 91.3 Å². The fourth-order valence-corrected chi connectivity index (χ4v) is 4.78. The smallest absolute Gasteiger partial charge is 0.508 e. The van der Waals surface area contributed by atoms with Crippen LogP contribution in [0.3, 0.4) is 0 Å². The Hall–Kier alpha value is -4.82. The highest BCUT2D eigenvalue weighted by Crippen LogP contribution is 2.41. The molecule has 0 fully saturated rings. The Morgan fingerprint density at radius 3 is 1.87 bits per heavy atom. The highest BCUT2D eigenvalue weighted by Gasteiger charge is 2.17. The molecule has 4 aromatic carbocycles. The van der Waals surface area contributed by atoms with Crippen molar-refractivity contribution in [3.8, 4) is 27.7 Å². The lowest BCUT2D eigenvalue weighted by molar-refractivity contribution is 0.0917. The van der Waals surface area contributed by atoms with Crippen molar-refractivity contribution in [2.45, 2.75) is 13.2 Å². The average molecular weight is 527 g/mol. The number of rotatable bonds is 7. The summed E-state index contributed by atoms with van der Waals surface area (Å²) in [5, 5.41) is 10.3. The number of hydrogen-bond donors (Lipinski definition) is 1. The van der Waals surface area contributed by atoms with Crippen LogP contribution in [0.2, 0.25) is 0 Å². The number of hydrogen-bond acceptors (Lipinski definition) is 8. The van der Waals surface area contributed by atoms with Crippen LogP contribution in [0.25, 0.3) is 20.5 Å². The molecule has 0 unspecified atom stereocenters. The van der Waals surface area contributed by atoms with Gasteiger partial charge in [-0.15, -0.1) is 11.3 Å². The van der Waals surface area contributed by atoms with E-state index >= 15 is 0 Å². The van der Waals surface area contributed by atoms with Gasteiger partial charge in [-0.25, -0.2) is 9.59 Å². The molecule has 38 heavy (non-hydrogen) atoms. The number of phenolic OH excluding ortho intramolecular Hbond substituents is 1. The van der Waals surface area contributed by atoms with Gasteiger partial charge in [0, 0.05) is 21.0 Å². The Morgan fingerprint density at radius 2 is 1.26 bits per heavy atom. The first-order chi connectivity index (χ1) is 18.5. The van der Waals surface area contributed by atoms with Crippen LogP contribution in [0.1, 0.15) is 11.1 Å². The molecule has 1 aromatic heterocycles. The molecule has 5 rings (SSSR count). The van der Waals surface area contributed by atoms with E-state index in [2.05, 4.69) is 0 Å². The number of phenols is 1. The molecule has 8 heteroatoms. The normalized spacial score (nSPS) is 10.6. The summed E-state index contributed by atoms with van der Waals surface area (Å²) < 4.78 is 22.2. The summed E-state index contributed by atoms with van der Waals surface area (Å²) in [5.74, 6) is 0.484. The first-order valence-electron chi connectivity index (χ1n) is 11.7. The molecule has 1 heterocycles. The molecule has 0 atom stereocenters. The van der Waals surface area contributed by atoms with Gasteiger partial charge in [-0.1, -0.05) is 60.7 Å². The van der Waals surface area contributed by atoms with Gasteiger partial charge in [0.2, 0.25) is 0 Å². The first-order valence-corrected chi connectivity index (χ1v) is 12.5. The largest absolute Gasteiger partial charge is 0.514 e. The molecule has 1 N–H and O–H groups in total. The molecule has 0 amide bonds. The molecule has 0 bridgehead atoms. The number of carbonyl (C=O) groups excluding carboxylic acids is 2. The van der Waals surface area contributed by atoms with E-state index in [4.69, 9.17) is 18.9 Å². The number of fused-ring (bicyclic) bond motifs is 1. The van der Waals surface area contributed by atoms with Gasteiger partial charge >= 0.3 is 12.3 Å². The summed E-state index contributed by atoms with van der Waals surface area (Å²) in [4.78, 5) is 25.8. The summed E-state index contributed by atoms with van der Waals surface area (Å²) in [6.07, 6.45) is -1.78. The molecule has 0 saturated heterocycles. The minimum Gasteiger partial charge on any atom is -0.508 e. The van der Waals surface area contributed by atoms with Crippen molar-refractivity contribution in [3.63, 3.8) is 0 Å². The average Bonchev–Trinajstić information content (AvgIpc) is 3.37. The van der Waals surface area contributed by atoms with Crippen molar-refractivity contribution in [2.24, 2.45) is 0 Å². The van der Waals surface area contributed by atoms with Gasteiger partial charge in [-0.2, -0.15) is 0 Å². The fourth-order valence-electron chi connectivity index (χ4n) is 3.67. The third-order valence-electron chi connectivity index (χ3n) is 5.52. The Bertz CT molecular complexity index is 1540. The zero-order chi connectivity index (χ0) is 26.3. The van der Waals surface area contributed by atoms with Crippen molar-refractivity contribution in [2.75, 3.05) is 0 Å². The van der Waals surface area contributed by atoms with Crippen LogP contribution in [0.4, 0.5) is 9.59 Å². The van der Waals surface area contributed by atoms with E-state index in [1.165, 1.54) is 17.4 Å². The lowest BCUT2D eigenvalue weighted by Gasteiger charge is -2.10. The van der Waals surface area contributed by atoms with E-state index < -0.39 is 12.3 Å². The molecule has 0 aliphatic heterocycles. The van der Waals surface area contributed by atoms with E-state index in [9.17, 15) is 14.7 Å². The van der Waals surface area contributed by atoms with E-state index in [0.717, 1.165) is 21.6 Å². The highest BCUT2D eigenvalue weighted by atomic mass is 32.1. The van der Waals surface area contributed by atoms with E-state index in [-0.39, 0.29) is 30.5 Å².